The Bertz CT molecular complexity index is 1680. The molecule has 0 aliphatic heterocycles. The van der Waals surface area contributed by atoms with Crippen LogP contribution in [0.25, 0.3) is 6.08 Å². The van der Waals surface area contributed by atoms with E-state index in [4.69, 9.17) is 13.9 Å². The minimum absolute atomic E-state index is 0. The first-order chi connectivity index (χ1) is 23.7. The summed E-state index contributed by atoms with van der Waals surface area (Å²) in [6, 6.07) is 37.9. The predicted molar refractivity (Wildman–Crippen MR) is 208 cm³/mol. The summed E-state index contributed by atoms with van der Waals surface area (Å²) in [4.78, 5) is 36.6. The zero-order valence-electron chi connectivity index (χ0n) is 31.9. The Morgan fingerprint density at radius 1 is 0.700 bits per heavy atom. The smallest absolute Gasteiger partial charge is 0.520 e. The van der Waals surface area contributed by atoms with E-state index in [9.17, 15) is 14.4 Å². The quantitative estimate of drug-likeness (QED) is 0.0483. The lowest BCUT2D eigenvalue weighted by molar-refractivity contribution is -0.152. The van der Waals surface area contributed by atoms with Gasteiger partial charge in [0, 0.05) is 29.0 Å². The van der Waals surface area contributed by atoms with Crippen molar-refractivity contribution in [2.75, 3.05) is 14.2 Å². The Hall–Kier alpha value is -5.01. The van der Waals surface area contributed by atoms with Gasteiger partial charge in [-0.1, -0.05) is 127 Å². The summed E-state index contributed by atoms with van der Waals surface area (Å²) in [5.41, 5.74) is 3.68. The van der Waals surface area contributed by atoms with Gasteiger partial charge in [0.1, 0.15) is 0 Å². The van der Waals surface area contributed by atoms with Crippen molar-refractivity contribution < 1.29 is 29.7 Å². The van der Waals surface area contributed by atoms with Gasteiger partial charge in [0.25, 0.3) is 5.95 Å². The summed E-state index contributed by atoms with van der Waals surface area (Å²) in [6.07, 6.45) is 3.69. The molecule has 1 atom stereocenters. The Balaban J connectivity index is 0.000000406. The normalized spacial score (nSPS) is 11.5. The number of ether oxygens (including phenoxy) is 2. The van der Waals surface area contributed by atoms with E-state index in [-0.39, 0.29) is 31.3 Å². The second kappa shape index (κ2) is 20.5. The molecule has 0 fully saturated rings. The number of carbonyl (C=O) groups is 3. The third kappa shape index (κ3) is 14.2. The average molecular weight is 694 g/mol. The maximum Gasteiger partial charge on any atom is 1.00 e. The summed E-state index contributed by atoms with van der Waals surface area (Å²) >= 11 is 0. The van der Waals surface area contributed by atoms with E-state index in [1.165, 1.54) is 7.11 Å². The van der Waals surface area contributed by atoms with E-state index in [1.54, 1.807) is 25.3 Å². The molecule has 4 aromatic rings. The van der Waals surface area contributed by atoms with Crippen LogP contribution >= 0.6 is 0 Å². The fraction of sp³-hybridized carbons (Fsp3) is 0.279. The molecule has 0 aromatic heterocycles. The van der Waals surface area contributed by atoms with Gasteiger partial charge in [-0.15, -0.1) is 0 Å². The molecule has 4 rings (SSSR count). The largest absolute Gasteiger partial charge is 1.00 e. The molecule has 0 amide bonds. The molecule has 6 nitrogen and oxygen atoms in total. The van der Waals surface area contributed by atoms with Gasteiger partial charge in [0.05, 0.1) is 19.6 Å². The van der Waals surface area contributed by atoms with Gasteiger partial charge < -0.3 is 13.9 Å². The number of rotatable bonds is 12. The molecule has 0 saturated heterocycles. The second-order valence-electron chi connectivity index (χ2n) is 13.4. The predicted octanol–water partition coefficient (Wildman–Crippen LogP) is 10.7. The molecular formula is C43H53O6Si+. The van der Waals surface area contributed by atoms with E-state index in [1.807, 2.05) is 143 Å². The first-order valence-corrected chi connectivity index (χ1v) is 20.0. The number of hydrogen-bond acceptors (Lipinski definition) is 6. The molecule has 0 aliphatic carbocycles. The highest BCUT2D eigenvalue weighted by Crippen LogP contribution is 2.40. The van der Waals surface area contributed by atoms with Crippen LogP contribution < -0.4 is 0 Å². The molecule has 0 radical (unpaired) electrons. The number of allylic oxidation sites excluding steroid dienone is 2. The number of Topliss-reactive ketones (excluding diaryl/α,β-unsaturated/α-hetero) is 1. The van der Waals surface area contributed by atoms with Crippen LogP contribution in [0.3, 0.4) is 0 Å². The second-order valence-corrected chi connectivity index (χ2v) is 17.8. The minimum atomic E-state index is -1.49. The highest BCUT2D eigenvalue weighted by molar-refractivity contribution is 6.70. The Morgan fingerprint density at radius 2 is 1.16 bits per heavy atom. The van der Waals surface area contributed by atoms with Crippen LogP contribution in [0, 0.1) is 5.41 Å². The fourth-order valence-electron chi connectivity index (χ4n) is 4.87. The molecule has 4 aromatic carbocycles. The van der Waals surface area contributed by atoms with Crippen molar-refractivity contribution in [1.82, 2.24) is 0 Å². The summed E-state index contributed by atoms with van der Waals surface area (Å²) < 4.78 is 15.7. The van der Waals surface area contributed by atoms with Crippen LogP contribution in [-0.2, 0) is 18.7 Å². The van der Waals surface area contributed by atoms with Crippen LogP contribution in [0.4, 0.5) is 0 Å². The van der Waals surface area contributed by atoms with Gasteiger partial charge in [-0.25, -0.2) is 0 Å². The average Bonchev–Trinajstić information content (AvgIpc) is 3.12. The third-order valence-electron chi connectivity index (χ3n) is 7.55. The van der Waals surface area contributed by atoms with Gasteiger partial charge in [-0.3, -0.25) is 14.4 Å². The monoisotopic (exact) mass is 693 g/mol. The van der Waals surface area contributed by atoms with Crippen molar-refractivity contribution in [1.29, 1.82) is 0 Å². The summed E-state index contributed by atoms with van der Waals surface area (Å²) in [7, 11) is 1.53. The molecular weight excluding hydrogens is 641 g/mol. The maximum atomic E-state index is 12.6. The summed E-state index contributed by atoms with van der Waals surface area (Å²) in [6.45, 7) is 14.0. The molecule has 0 heterocycles. The first-order valence-electron chi connectivity index (χ1n) is 16.6. The van der Waals surface area contributed by atoms with E-state index < -0.39 is 13.7 Å². The van der Waals surface area contributed by atoms with Gasteiger partial charge in [-0.05, 0) is 64.5 Å². The van der Waals surface area contributed by atoms with Gasteiger partial charge in [0.15, 0.2) is 11.6 Å². The van der Waals surface area contributed by atoms with Crippen LogP contribution in [-0.4, -0.2) is 40.1 Å². The number of benzene rings is 4. The number of carbonyl (C=O) groups excluding carboxylic acids is 3. The maximum absolute atomic E-state index is 12.6. The molecule has 264 valence electrons. The third-order valence-corrected chi connectivity index (χ3v) is 8.35. The minimum Gasteiger partial charge on any atom is -0.520 e. The molecule has 0 saturated carbocycles. The molecule has 0 N–H and O–H groups in total. The van der Waals surface area contributed by atoms with E-state index in [0.29, 0.717) is 11.5 Å². The lowest BCUT2D eigenvalue weighted by atomic mass is 9.72. The standard InChI is InChI=1S/C20H22O3.C15H12O.C8H18O2Si/c1-20(2,19(22)23-3)17(15-10-6-4-7-11-15)14-18(21)16-12-8-5-9-13-16;16-15(14-9-5-2-6-10-14)12-11-13-7-3-1-4-8-13;1-7(2)8(9-3)10-11(4,5)6/h4-13,17H,14H2,1-3H3;1-12H;1-6H3/p+1/b;12-11+;. The van der Waals surface area contributed by atoms with Crippen molar-refractivity contribution in [3.8, 4) is 0 Å². The van der Waals surface area contributed by atoms with Crippen molar-refractivity contribution in [2.45, 2.75) is 59.7 Å². The topological polar surface area (TPSA) is 78.9 Å². The zero-order chi connectivity index (χ0) is 37.2. The molecule has 7 heteroatoms. The molecule has 50 heavy (non-hydrogen) atoms. The number of esters is 1. The zero-order valence-corrected chi connectivity index (χ0v) is 31.9. The number of methoxy groups -OCH3 is 2. The van der Waals surface area contributed by atoms with Crippen molar-refractivity contribution in [3.63, 3.8) is 0 Å². The lowest BCUT2D eigenvalue weighted by Crippen LogP contribution is -2.34. The first kappa shape index (κ1) is 41.2. The Kier molecular flexibility index (Phi) is 16.9. The van der Waals surface area contributed by atoms with Crippen molar-refractivity contribution in [2.24, 2.45) is 5.41 Å². The number of ketones is 2. The van der Waals surface area contributed by atoms with Gasteiger partial charge >= 0.3 is 7.40 Å². The SMILES string of the molecule is COC(=O)C(C)(C)C(CC(=O)c1ccccc1)c1ccccc1.COC(O[Si](C)(C)C)=C(C)C.O=C(/C=C/c1ccccc1)c1ccccc1.[H+]. The van der Waals surface area contributed by atoms with Crippen LogP contribution in [0.1, 0.15) is 73.3 Å². The van der Waals surface area contributed by atoms with Crippen molar-refractivity contribution in [3.05, 3.63) is 161 Å². The van der Waals surface area contributed by atoms with E-state index in [0.717, 1.165) is 22.3 Å². The summed E-state index contributed by atoms with van der Waals surface area (Å²) in [5, 5.41) is 0. The van der Waals surface area contributed by atoms with Crippen LogP contribution in [0.15, 0.2) is 139 Å². The highest BCUT2D eigenvalue weighted by atomic mass is 28.4. The molecule has 0 bridgehead atoms. The summed E-state index contributed by atoms with van der Waals surface area (Å²) in [5.74, 6) is 0.182. The highest BCUT2D eigenvalue weighted by Gasteiger charge is 2.40. The molecule has 0 aliphatic rings. The fourth-order valence-corrected chi connectivity index (χ4v) is 5.71. The molecule has 1 unspecified atom stereocenters. The van der Waals surface area contributed by atoms with E-state index in [2.05, 4.69) is 19.6 Å². The Labute approximate surface area is 301 Å². The van der Waals surface area contributed by atoms with E-state index >= 15 is 0 Å². The lowest BCUT2D eigenvalue weighted by Gasteiger charge is -2.32. The Morgan fingerprint density at radius 3 is 1.58 bits per heavy atom. The van der Waals surface area contributed by atoms with Gasteiger partial charge in [0.2, 0.25) is 8.32 Å². The number of hydrogen-bond donors (Lipinski definition) is 0. The van der Waals surface area contributed by atoms with Gasteiger partial charge in [-0.2, -0.15) is 0 Å². The van der Waals surface area contributed by atoms with Crippen molar-refractivity contribution >= 4 is 31.9 Å². The van der Waals surface area contributed by atoms with Crippen LogP contribution in [0.5, 0.6) is 0 Å². The van der Waals surface area contributed by atoms with Crippen LogP contribution in [0.2, 0.25) is 19.6 Å². The molecule has 0 spiro atoms.